The highest BCUT2D eigenvalue weighted by molar-refractivity contribution is 7.91. The summed E-state index contributed by atoms with van der Waals surface area (Å²) >= 11 is 1.27. The van der Waals surface area contributed by atoms with Crippen LogP contribution in [-0.2, 0) is 20.2 Å². The number of nitrogens with two attached hydrogens (primary N) is 1. The van der Waals surface area contributed by atoms with Crippen LogP contribution in [0.2, 0.25) is 0 Å². The number of carbonyl (C=O) groups excluding carboxylic acids is 1. The van der Waals surface area contributed by atoms with Crippen molar-refractivity contribution >= 4 is 27.3 Å². The average Bonchev–Trinajstić information content (AvgIpc) is 2.74. The fourth-order valence-electron chi connectivity index (χ4n) is 2.45. The van der Waals surface area contributed by atoms with Gasteiger partial charge in [-0.3, -0.25) is 4.79 Å². The third kappa shape index (κ3) is 3.64. The molecule has 5 nitrogen and oxygen atoms in total. The summed E-state index contributed by atoms with van der Waals surface area (Å²) in [5, 5.41) is 0. The van der Waals surface area contributed by atoms with Crippen molar-refractivity contribution in [3.63, 3.8) is 0 Å². The number of thiophene rings is 1. The van der Waals surface area contributed by atoms with Crippen LogP contribution in [0.5, 0.6) is 0 Å². The van der Waals surface area contributed by atoms with Gasteiger partial charge in [0.25, 0.3) is 10.0 Å². The first-order chi connectivity index (χ1) is 9.54. The summed E-state index contributed by atoms with van der Waals surface area (Å²) < 4.78 is 28.0. The van der Waals surface area contributed by atoms with Crippen molar-refractivity contribution in [2.45, 2.75) is 61.6 Å². The highest BCUT2D eigenvalue weighted by atomic mass is 32.2. The molecular weight excluding hydrogens is 308 g/mol. The highest BCUT2D eigenvalue weighted by Crippen LogP contribution is 2.38. The van der Waals surface area contributed by atoms with Crippen molar-refractivity contribution in [1.29, 1.82) is 0 Å². The molecule has 0 aromatic carbocycles. The van der Waals surface area contributed by atoms with Crippen LogP contribution >= 0.6 is 11.3 Å². The number of sulfonamides is 1. The molecule has 2 rings (SSSR count). The lowest BCUT2D eigenvalue weighted by Gasteiger charge is -2.41. The number of hydrogen-bond donors (Lipinski definition) is 2. The van der Waals surface area contributed by atoms with E-state index in [9.17, 15) is 13.2 Å². The molecule has 0 unspecified atom stereocenters. The maximum absolute atomic E-state index is 12.5. The number of carbonyl (C=O) groups is 1. The van der Waals surface area contributed by atoms with Crippen LogP contribution in [0.1, 0.15) is 51.3 Å². The second-order valence-corrected chi connectivity index (χ2v) is 9.74. The van der Waals surface area contributed by atoms with E-state index < -0.39 is 21.5 Å². The molecule has 1 aliphatic rings. The minimum atomic E-state index is -3.60. The van der Waals surface area contributed by atoms with E-state index in [0.29, 0.717) is 17.1 Å². The molecule has 1 aromatic heterocycles. The molecule has 0 bridgehead atoms. The van der Waals surface area contributed by atoms with E-state index in [1.165, 1.54) is 11.3 Å². The lowest BCUT2D eigenvalue weighted by Crippen LogP contribution is -2.55. The van der Waals surface area contributed by atoms with Crippen LogP contribution in [0, 0.1) is 0 Å². The Morgan fingerprint density at radius 2 is 2.00 bits per heavy atom. The van der Waals surface area contributed by atoms with Gasteiger partial charge in [-0.25, -0.2) is 13.1 Å². The SMILES string of the molecule is CC(C)(C)c1ccc(S(=O)(=O)NC2(CC(N)=O)CCC2)s1. The zero-order valence-electron chi connectivity index (χ0n) is 12.6. The van der Waals surface area contributed by atoms with Crippen LogP contribution < -0.4 is 10.5 Å². The van der Waals surface area contributed by atoms with Crippen molar-refractivity contribution < 1.29 is 13.2 Å². The molecule has 1 saturated carbocycles. The highest BCUT2D eigenvalue weighted by Gasteiger charge is 2.42. The minimum Gasteiger partial charge on any atom is -0.370 e. The van der Waals surface area contributed by atoms with E-state index in [4.69, 9.17) is 5.73 Å². The molecule has 1 aromatic rings. The van der Waals surface area contributed by atoms with Gasteiger partial charge in [-0.1, -0.05) is 20.8 Å². The zero-order valence-corrected chi connectivity index (χ0v) is 14.2. The summed E-state index contributed by atoms with van der Waals surface area (Å²) in [4.78, 5) is 12.2. The van der Waals surface area contributed by atoms with Gasteiger partial charge in [0.2, 0.25) is 5.91 Å². The standard InChI is InChI=1S/C14H22N2O3S2/c1-13(2,3)10-5-6-12(20-10)21(18,19)16-14(7-4-8-14)9-11(15)17/h5-6,16H,4,7-9H2,1-3H3,(H2,15,17). The predicted octanol–water partition coefficient (Wildman–Crippen LogP) is 2.12. The first kappa shape index (κ1) is 16.5. The fraction of sp³-hybridized carbons (Fsp3) is 0.643. The third-order valence-corrected chi connectivity index (χ3v) is 7.34. The molecular formula is C14H22N2O3S2. The van der Waals surface area contributed by atoms with Crippen LogP contribution in [0.4, 0.5) is 0 Å². The first-order valence-corrected chi connectivity index (χ1v) is 9.27. The number of amides is 1. The zero-order chi connectivity index (χ0) is 15.9. The normalized spacial score (nSPS) is 18.2. The maximum Gasteiger partial charge on any atom is 0.250 e. The van der Waals surface area contributed by atoms with Gasteiger partial charge in [0.15, 0.2) is 0 Å². The van der Waals surface area contributed by atoms with Gasteiger partial charge in [0.1, 0.15) is 4.21 Å². The molecule has 0 atom stereocenters. The summed E-state index contributed by atoms with van der Waals surface area (Å²) in [6, 6.07) is 3.48. The molecule has 1 heterocycles. The predicted molar refractivity (Wildman–Crippen MR) is 83.7 cm³/mol. The second kappa shape index (κ2) is 5.37. The van der Waals surface area contributed by atoms with E-state index in [2.05, 4.69) is 4.72 Å². The largest absolute Gasteiger partial charge is 0.370 e. The molecule has 7 heteroatoms. The molecule has 21 heavy (non-hydrogen) atoms. The summed E-state index contributed by atoms with van der Waals surface area (Å²) in [5.74, 6) is -0.473. The summed E-state index contributed by atoms with van der Waals surface area (Å²) in [7, 11) is -3.60. The lowest BCUT2D eigenvalue weighted by molar-refractivity contribution is -0.120. The maximum atomic E-state index is 12.5. The van der Waals surface area contributed by atoms with Crippen LogP contribution in [0.15, 0.2) is 16.3 Å². The van der Waals surface area contributed by atoms with E-state index in [1.54, 1.807) is 6.07 Å². The number of primary amides is 1. The Bertz CT molecular complexity index is 637. The topological polar surface area (TPSA) is 89.3 Å². The Hall–Kier alpha value is -0.920. The molecule has 0 spiro atoms. The van der Waals surface area contributed by atoms with Gasteiger partial charge < -0.3 is 5.73 Å². The van der Waals surface area contributed by atoms with Crippen molar-refractivity contribution in [1.82, 2.24) is 4.72 Å². The van der Waals surface area contributed by atoms with Crippen molar-refractivity contribution in [3.05, 3.63) is 17.0 Å². The van der Waals surface area contributed by atoms with Gasteiger partial charge in [-0.2, -0.15) is 0 Å². The molecule has 3 N–H and O–H groups in total. The van der Waals surface area contributed by atoms with Gasteiger partial charge in [-0.05, 0) is 36.8 Å². The third-order valence-electron chi connectivity index (χ3n) is 3.76. The first-order valence-electron chi connectivity index (χ1n) is 6.97. The quantitative estimate of drug-likeness (QED) is 0.866. The molecule has 118 valence electrons. The van der Waals surface area contributed by atoms with Gasteiger partial charge >= 0.3 is 0 Å². The van der Waals surface area contributed by atoms with E-state index in [1.807, 2.05) is 26.8 Å². The Kier molecular flexibility index (Phi) is 4.21. The summed E-state index contributed by atoms with van der Waals surface area (Å²) in [6.07, 6.45) is 2.29. The molecule has 1 amide bonds. The number of rotatable bonds is 5. The Morgan fingerprint density at radius 1 is 1.38 bits per heavy atom. The smallest absolute Gasteiger partial charge is 0.250 e. The van der Waals surface area contributed by atoms with Crippen LogP contribution in [0.25, 0.3) is 0 Å². The Morgan fingerprint density at radius 3 is 2.38 bits per heavy atom. The van der Waals surface area contributed by atoms with Gasteiger partial charge in [0.05, 0.1) is 0 Å². The summed E-state index contributed by atoms with van der Waals surface area (Å²) in [6.45, 7) is 6.13. The summed E-state index contributed by atoms with van der Waals surface area (Å²) in [5.41, 5.74) is 4.47. The lowest BCUT2D eigenvalue weighted by atomic mass is 9.75. The molecule has 0 saturated heterocycles. The molecule has 0 radical (unpaired) electrons. The number of hydrogen-bond acceptors (Lipinski definition) is 4. The average molecular weight is 330 g/mol. The van der Waals surface area contributed by atoms with Crippen LogP contribution in [-0.4, -0.2) is 19.9 Å². The Balaban J connectivity index is 2.22. The Labute approximate surface area is 130 Å². The monoisotopic (exact) mass is 330 g/mol. The number of nitrogens with one attached hydrogen (secondary N) is 1. The van der Waals surface area contributed by atoms with E-state index >= 15 is 0 Å². The second-order valence-electron chi connectivity index (χ2n) is 6.75. The molecule has 0 aliphatic heterocycles. The van der Waals surface area contributed by atoms with Crippen molar-refractivity contribution in [2.75, 3.05) is 0 Å². The van der Waals surface area contributed by atoms with Gasteiger partial charge in [-0.15, -0.1) is 11.3 Å². The fourth-order valence-corrected chi connectivity index (χ4v) is 5.28. The van der Waals surface area contributed by atoms with Gasteiger partial charge in [0, 0.05) is 16.8 Å². The minimum absolute atomic E-state index is 0.0593. The molecule has 1 aliphatic carbocycles. The van der Waals surface area contributed by atoms with Crippen molar-refractivity contribution in [2.24, 2.45) is 5.73 Å². The van der Waals surface area contributed by atoms with E-state index in [-0.39, 0.29) is 11.8 Å². The van der Waals surface area contributed by atoms with Crippen LogP contribution in [0.3, 0.4) is 0 Å². The molecule has 1 fully saturated rings. The van der Waals surface area contributed by atoms with Crippen molar-refractivity contribution in [3.8, 4) is 0 Å². The van der Waals surface area contributed by atoms with E-state index in [0.717, 1.165) is 11.3 Å².